The molecule has 3 heterocycles. The molecule has 2 aromatic carbocycles. The van der Waals surface area contributed by atoms with Crippen LogP contribution in [0.2, 0.25) is 0 Å². The molecule has 154 valence electrons. The lowest BCUT2D eigenvalue weighted by atomic mass is 10.0. The van der Waals surface area contributed by atoms with E-state index in [1.165, 1.54) is 22.2 Å². The summed E-state index contributed by atoms with van der Waals surface area (Å²) in [6.07, 6.45) is 2.94. The van der Waals surface area contributed by atoms with Crippen molar-refractivity contribution >= 4 is 10.9 Å². The fourth-order valence-electron chi connectivity index (χ4n) is 4.35. The molecule has 2 aromatic heterocycles. The van der Waals surface area contributed by atoms with Gasteiger partial charge in [0.15, 0.2) is 0 Å². The Morgan fingerprint density at radius 2 is 1.63 bits per heavy atom. The Bertz CT molecular complexity index is 1230. The highest BCUT2D eigenvalue weighted by molar-refractivity contribution is 5.87. The van der Waals surface area contributed by atoms with E-state index in [0.29, 0.717) is 0 Å². The van der Waals surface area contributed by atoms with Crippen molar-refractivity contribution in [1.29, 1.82) is 0 Å². The van der Waals surface area contributed by atoms with Gasteiger partial charge in [0.25, 0.3) is 5.56 Å². The summed E-state index contributed by atoms with van der Waals surface area (Å²) < 4.78 is 4.02. The number of rotatable bonds is 2. The van der Waals surface area contributed by atoms with Gasteiger partial charge in [0.05, 0.1) is 11.2 Å². The average molecular weight is 400 g/mol. The fourth-order valence-corrected chi connectivity index (χ4v) is 4.35. The number of aromatic nitrogens is 2. The van der Waals surface area contributed by atoms with Gasteiger partial charge in [0.2, 0.25) is 0 Å². The molecule has 4 aromatic rings. The van der Waals surface area contributed by atoms with Gasteiger partial charge >= 0.3 is 0 Å². The van der Waals surface area contributed by atoms with E-state index in [9.17, 15) is 4.79 Å². The van der Waals surface area contributed by atoms with E-state index in [0.717, 1.165) is 36.3 Å². The smallest absolute Gasteiger partial charge is 0.255 e. The molecule has 1 aliphatic heterocycles. The maximum Gasteiger partial charge on any atom is 0.255 e. The van der Waals surface area contributed by atoms with Crippen molar-refractivity contribution in [3.05, 3.63) is 88.5 Å². The van der Waals surface area contributed by atoms with E-state index in [-0.39, 0.29) is 5.56 Å². The Labute approximate surface area is 178 Å². The maximum absolute atomic E-state index is 12.8. The van der Waals surface area contributed by atoms with E-state index in [1.807, 2.05) is 56.4 Å². The Morgan fingerprint density at radius 3 is 2.37 bits per heavy atom. The molecule has 0 spiro atoms. The van der Waals surface area contributed by atoms with E-state index < -0.39 is 0 Å². The second kappa shape index (κ2) is 8.33. The highest BCUT2D eigenvalue weighted by Gasteiger charge is 2.21. The molecular weight excluding hydrogens is 370 g/mol. The molecule has 0 unspecified atom stereocenters. The molecular formula is C26H29N3O. The van der Waals surface area contributed by atoms with Crippen LogP contribution < -0.4 is 5.56 Å². The molecule has 0 amide bonds. The number of hydrogen-bond acceptors (Lipinski definition) is 2. The number of fused-ring (bicyclic) bond motifs is 3. The second-order valence-corrected chi connectivity index (χ2v) is 7.66. The van der Waals surface area contributed by atoms with Crippen molar-refractivity contribution in [2.45, 2.75) is 26.8 Å². The van der Waals surface area contributed by atoms with Gasteiger partial charge in [0, 0.05) is 49.9 Å². The zero-order valence-electron chi connectivity index (χ0n) is 18.2. The number of aryl methyl sites for hydroxylation is 1. The predicted octanol–water partition coefficient (Wildman–Crippen LogP) is 5.01. The van der Waals surface area contributed by atoms with Crippen LogP contribution in [-0.2, 0) is 20.0 Å². The Morgan fingerprint density at radius 1 is 0.867 bits per heavy atom. The van der Waals surface area contributed by atoms with Gasteiger partial charge in [-0.15, -0.1) is 0 Å². The molecule has 0 bridgehead atoms. The Balaban J connectivity index is 0.00000106. The monoisotopic (exact) mass is 399 g/mol. The number of nitrogens with zero attached hydrogens (tertiary/aromatic N) is 3. The molecule has 0 saturated heterocycles. The molecule has 0 fully saturated rings. The predicted molar refractivity (Wildman–Crippen MR) is 125 cm³/mol. The van der Waals surface area contributed by atoms with E-state index in [4.69, 9.17) is 0 Å². The zero-order chi connectivity index (χ0) is 21.3. The highest BCUT2D eigenvalue weighted by atomic mass is 16.1. The highest BCUT2D eigenvalue weighted by Crippen LogP contribution is 2.31. The molecule has 4 heteroatoms. The number of pyridine rings is 1. The summed E-state index contributed by atoms with van der Waals surface area (Å²) in [4.78, 5) is 15.2. The summed E-state index contributed by atoms with van der Waals surface area (Å²) in [5.41, 5.74) is 6.92. The van der Waals surface area contributed by atoms with Crippen LogP contribution in [0.3, 0.4) is 0 Å². The first kappa shape index (κ1) is 20.2. The summed E-state index contributed by atoms with van der Waals surface area (Å²) in [6, 6.07) is 20.1. The van der Waals surface area contributed by atoms with Gasteiger partial charge in [-0.1, -0.05) is 50.2 Å². The van der Waals surface area contributed by atoms with Crippen molar-refractivity contribution < 1.29 is 0 Å². The van der Waals surface area contributed by atoms with Crippen LogP contribution >= 0.6 is 0 Å². The Hall–Kier alpha value is -3.11. The van der Waals surface area contributed by atoms with Crippen molar-refractivity contribution in [3.8, 4) is 16.8 Å². The van der Waals surface area contributed by atoms with Crippen LogP contribution in [0.1, 0.15) is 25.1 Å². The lowest BCUT2D eigenvalue weighted by Gasteiger charge is -2.23. The lowest BCUT2D eigenvalue weighted by molar-refractivity contribution is 0.310. The largest absolute Gasteiger partial charge is 0.347 e. The number of likely N-dealkylation sites (N-methyl/N-ethyl adjacent to an activating group) is 1. The molecule has 0 aliphatic carbocycles. The number of benzene rings is 2. The first-order chi connectivity index (χ1) is 14.6. The quantitative estimate of drug-likeness (QED) is 0.474. The van der Waals surface area contributed by atoms with Crippen molar-refractivity contribution in [2.75, 3.05) is 13.6 Å². The molecule has 5 rings (SSSR count). The minimum atomic E-state index is -0.0144. The van der Waals surface area contributed by atoms with Crippen LogP contribution in [0.5, 0.6) is 0 Å². The van der Waals surface area contributed by atoms with E-state index in [2.05, 4.69) is 41.8 Å². The first-order valence-electron chi connectivity index (χ1n) is 10.7. The van der Waals surface area contributed by atoms with Crippen LogP contribution in [0.15, 0.2) is 71.7 Å². The summed E-state index contributed by atoms with van der Waals surface area (Å²) in [7, 11) is 4.31. The molecule has 30 heavy (non-hydrogen) atoms. The van der Waals surface area contributed by atoms with Gasteiger partial charge in [-0.3, -0.25) is 9.36 Å². The van der Waals surface area contributed by atoms with Crippen LogP contribution in [-0.4, -0.2) is 27.6 Å². The number of hydrogen-bond donors (Lipinski definition) is 0. The Kier molecular flexibility index (Phi) is 5.60. The summed E-state index contributed by atoms with van der Waals surface area (Å²) in [5.74, 6) is 0. The minimum absolute atomic E-state index is 0.0144. The fraction of sp³-hybridized carbons (Fsp3) is 0.269. The second-order valence-electron chi connectivity index (χ2n) is 7.66. The summed E-state index contributed by atoms with van der Waals surface area (Å²) in [5, 5.41) is 1.29. The third-order valence-electron chi connectivity index (χ3n) is 5.88. The lowest BCUT2D eigenvalue weighted by Crippen LogP contribution is -2.26. The third-order valence-corrected chi connectivity index (χ3v) is 5.88. The first-order valence-corrected chi connectivity index (χ1v) is 10.7. The maximum atomic E-state index is 12.8. The molecule has 4 nitrogen and oxygen atoms in total. The van der Waals surface area contributed by atoms with Crippen LogP contribution in [0.25, 0.3) is 27.7 Å². The molecule has 0 radical (unpaired) electrons. The molecule has 0 atom stereocenters. The van der Waals surface area contributed by atoms with E-state index >= 15 is 0 Å². The van der Waals surface area contributed by atoms with E-state index in [1.54, 1.807) is 10.6 Å². The van der Waals surface area contributed by atoms with Crippen LogP contribution in [0, 0.1) is 0 Å². The summed E-state index contributed by atoms with van der Waals surface area (Å²) >= 11 is 0. The van der Waals surface area contributed by atoms with Gasteiger partial charge in [-0.2, -0.15) is 0 Å². The van der Waals surface area contributed by atoms with Crippen molar-refractivity contribution in [1.82, 2.24) is 14.0 Å². The SMILES string of the molecule is CC.CN1CCc2c(c3ccc(-n4ccc(-c5ccccc5)cc4=O)cc3n2C)C1. The van der Waals surface area contributed by atoms with Gasteiger partial charge in [-0.05, 0) is 41.9 Å². The van der Waals surface area contributed by atoms with Crippen LogP contribution in [0.4, 0.5) is 0 Å². The topological polar surface area (TPSA) is 30.2 Å². The third kappa shape index (κ3) is 3.48. The molecule has 0 saturated carbocycles. The van der Waals surface area contributed by atoms with Crippen molar-refractivity contribution in [3.63, 3.8) is 0 Å². The average Bonchev–Trinajstić information content (AvgIpc) is 3.06. The molecule has 1 aliphatic rings. The standard InChI is InChI=1S/C24H23N3O.C2H6/c1-25-12-11-22-21(16-25)20-9-8-19(15-23(20)26(22)2)27-13-10-18(14-24(27)28)17-6-4-3-5-7-17;1-2/h3-10,13-15H,11-12,16H2,1-2H3;1-2H3. The minimum Gasteiger partial charge on any atom is -0.347 e. The van der Waals surface area contributed by atoms with Gasteiger partial charge in [0.1, 0.15) is 0 Å². The van der Waals surface area contributed by atoms with Gasteiger partial charge in [-0.25, -0.2) is 0 Å². The summed E-state index contributed by atoms with van der Waals surface area (Å²) in [6.45, 7) is 6.07. The zero-order valence-corrected chi connectivity index (χ0v) is 18.2. The van der Waals surface area contributed by atoms with Gasteiger partial charge < -0.3 is 9.47 Å². The normalized spacial score (nSPS) is 13.6. The molecule has 0 N–H and O–H groups in total. The van der Waals surface area contributed by atoms with Crippen molar-refractivity contribution in [2.24, 2.45) is 7.05 Å².